The lowest BCUT2D eigenvalue weighted by Crippen LogP contribution is -2.00. The Bertz CT molecular complexity index is 2840. The fourth-order valence-electron chi connectivity index (χ4n) is 7.09. The maximum Gasteiger partial charge on any atom is 0.164 e. The van der Waals surface area contributed by atoms with Gasteiger partial charge in [0.1, 0.15) is 11.2 Å². The van der Waals surface area contributed by atoms with Gasteiger partial charge in [-0.25, -0.2) is 19.9 Å². The highest BCUT2D eigenvalue weighted by Gasteiger charge is 2.21. The highest BCUT2D eigenvalue weighted by Crippen LogP contribution is 2.43. The fourth-order valence-corrected chi connectivity index (χ4v) is 7.09. The molecular formula is C46H28N4O. The summed E-state index contributed by atoms with van der Waals surface area (Å²) in [6.07, 6.45) is 0. The summed E-state index contributed by atoms with van der Waals surface area (Å²) in [7, 11) is 0. The molecule has 51 heavy (non-hydrogen) atoms. The minimum absolute atomic E-state index is 0.609. The Labute approximate surface area is 293 Å². The van der Waals surface area contributed by atoms with Gasteiger partial charge in [0.25, 0.3) is 0 Å². The van der Waals surface area contributed by atoms with E-state index in [0.717, 1.165) is 71.9 Å². The van der Waals surface area contributed by atoms with E-state index in [4.69, 9.17) is 24.4 Å². The van der Waals surface area contributed by atoms with Gasteiger partial charge >= 0.3 is 0 Å². The lowest BCUT2D eigenvalue weighted by molar-refractivity contribution is 0.672. The van der Waals surface area contributed by atoms with Crippen LogP contribution in [0.25, 0.3) is 100 Å². The minimum Gasteiger partial charge on any atom is -0.455 e. The molecule has 5 heteroatoms. The first kappa shape index (κ1) is 29.0. The van der Waals surface area contributed by atoms with Gasteiger partial charge in [0.2, 0.25) is 0 Å². The Balaban J connectivity index is 1.17. The number of furan rings is 1. The number of pyridine rings is 1. The molecular weight excluding hydrogens is 625 g/mol. The van der Waals surface area contributed by atoms with Gasteiger partial charge in [-0.3, -0.25) is 0 Å². The summed E-state index contributed by atoms with van der Waals surface area (Å²) in [6.45, 7) is 0. The zero-order chi connectivity index (χ0) is 33.7. The van der Waals surface area contributed by atoms with Crippen LogP contribution in [-0.2, 0) is 0 Å². The first-order chi connectivity index (χ1) is 25.3. The molecule has 5 nitrogen and oxygen atoms in total. The molecule has 0 spiro atoms. The third kappa shape index (κ3) is 4.94. The Morgan fingerprint density at radius 1 is 0.353 bits per heavy atom. The third-order valence-electron chi connectivity index (χ3n) is 9.53. The normalized spacial score (nSPS) is 11.5. The van der Waals surface area contributed by atoms with Crippen molar-refractivity contribution in [3.8, 4) is 56.5 Å². The van der Waals surface area contributed by atoms with Crippen LogP contribution in [0, 0.1) is 0 Å². The van der Waals surface area contributed by atoms with Gasteiger partial charge in [-0.2, -0.15) is 0 Å². The van der Waals surface area contributed by atoms with Crippen LogP contribution in [0.3, 0.4) is 0 Å². The van der Waals surface area contributed by atoms with Gasteiger partial charge in [0, 0.05) is 38.6 Å². The van der Waals surface area contributed by atoms with Crippen LogP contribution >= 0.6 is 0 Å². The second-order valence-corrected chi connectivity index (χ2v) is 12.6. The van der Waals surface area contributed by atoms with E-state index in [2.05, 4.69) is 97.1 Å². The summed E-state index contributed by atoms with van der Waals surface area (Å²) in [5.41, 5.74) is 9.38. The zero-order valence-electron chi connectivity index (χ0n) is 27.4. The van der Waals surface area contributed by atoms with Crippen molar-refractivity contribution in [1.29, 1.82) is 0 Å². The molecule has 0 fully saturated rings. The molecule has 0 saturated carbocycles. The minimum atomic E-state index is 0.609. The van der Waals surface area contributed by atoms with Crippen molar-refractivity contribution in [3.05, 3.63) is 170 Å². The number of hydrogen-bond donors (Lipinski definition) is 0. The highest BCUT2D eigenvalue weighted by molar-refractivity contribution is 6.21. The van der Waals surface area contributed by atoms with Crippen LogP contribution in [0.15, 0.2) is 174 Å². The lowest BCUT2D eigenvalue weighted by atomic mass is 9.94. The number of hydrogen-bond acceptors (Lipinski definition) is 5. The molecule has 0 N–H and O–H groups in total. The van der Waals surface area contributed by atoms with Crippen LogP contribution in [0.2, 0.25) is 0 Å². The van der Waals surface area contributed by atoms with Crippen LogP contribution in [0.4, 0.5) is 0 Å². The molecule has 3 aromatic heterocycles. The summed E-state index contributed by atoms with van der Waals surface area (Å²) in [4.78, 5) is 20.2. The number of nitrogens with zero attached hydrogens (tertiary/aromatic N) is 4. The fraction of sp³-hybridized carbons (Fsp3) is 0. The largest absolute Gasteiger partial charge is 0.455 e. The molecule has 0 saturated heterocycles. The molecule has 3 heterocycles. The quantitative estimate of drug-likeness (QED) is 0.185. The number of para-hydroxylation sites is 2. The van der Waals surface area contributed by atoms with Crippen molar-refractivity contribution < 1.29 is 4.42 Å². The monoisotopic (exact) mass is 652 g/mol. The average Bonchev–Trinajstić information content (AvgIpc) is 3.61. The topological polar surface area (TPSA) is 64.7 Å². The SMILES string of the molecule is c1ccc(-c2nc(-c3ccccc3)nc(-c3ccc(-c4nc5c(-c6cccc7ccccc67)cccc5c5oc6ccccc6c45)cc3)n2)cc1. The highest BCUT2D eigenvalue weighted by atomic mass is 16.3. The van der Waals surface area contributed by atoms with Crippen LogP contribution < -0.4 is 0 Å². The molecule has 10 aromatic rings. The van der Waals surface area contributed by atoms with E-state index in [9.17, 15) is 0 Å². The molecule has 0 radical (unpaired) electrons. The van der Waals surface area contributed by atoms with E-state index < -0.39 is 0 Å². The Hall–Kier alpha value is -6.98. The maximum atomic E-state index is 6.64. The molecule has 0 aliphatic heterocycles. The Morgan fingerprint density at radius 3 is 1.57 bits per heavy atom. The van der Waals surface area contributed by atoms with Crippen molar-refractivity contribution in [3.63, 3.8) is 0 Å². The van der Waals surface area contributed by atoms with Crippen molar-refractivity contribution in [1.82, 2.24) is 19.9 Å². The maximum absolute atomic E-state index is 6.64. The summed E-state index contributed by atoms with van der Waals surface area (Å²) in [5, 5.41) is 5.40. The Morgan fingerprint density at radius 2 is 0.863 bits per heavy atom. The van der Waals surface area contributed by atoms with Crippen molar-refractivity contribution in [2.24, 2.45) is 0 Å². The first-order valence-corrected chi connectivity index (χ1v) is 17.0. The van der Waals surface area contributed by atoms with E-state index in [1.54, 1.807) is 0 Å². The van der Waals surface area contributed by atoms with Gasteiger partial charge in [-0.15, -0.1) is 0 Å². The summed E-state index contributed by atoms with van der Waals surface area (Å²) in [6, 6.07) is 58.0. The van der Waals surface area contributed by atoms with Gasteiger partial charge < -0.3 is 4.42 Å². The van der Waals surface area contributed by atoms with Gasteiger partial charge in [-0.1, -0.05) is 158 Å². The predicted octanol–water partition coefficient (Wildman–Crippen LogP) is 11.8. The van der Waals surface area contributed by atoms with Crippen LogP contribution in [-0.4, -0.2) is 19.9 Å². The van der Waals surface area contributed by atoms with E-state index in [1.807, 2.05) is 72.8 Å². The van der Waals surface area contributed by atoms with E-state index in [0.29, 0.717) is 17.5 Å². The average molecular weight is 653 g/mol. The summed E-state index contributed by atoms with van der Waals surface area (Å²) in [5.74, 6) is 1.87. The van der Waals surface area contributed by atoms with Crippen LogP contribution in [0.5, 0.6) is 0 Å². The second-order valence-electron chi connectivity index (χ2n) is 12.6. The molecule has 0 bridgehead atoms. The molecule has 7 aromatic carbocycles. The number of aromatic nitrogens is 4. The molecule has 0 unspecified atom stereocenters. The second kappa shape index (κ2) is 11.9. The molecule has 0 aliphatic rings. The number of benzene rings is 7. The van der Waals surface area contributed by atoms with Gasteiger partial charge in [-0.05, 0) is 28.5 Å². The van der Waals surface area contributed by atoms with E-state index in [-0.39, 0.29) is 0 Å². The van der Waals surface area contributed by atoms with Gasteiger partial charge in [0.15, 0.2) is 17.5 Å². The lowest BCUT2D eigenvalue weighted by Gasteiger charge is -2.13. The van der Waals surface area contributed by atoms with E-state index in [1.165, 1.54) is 10.8 Å². The molecule has 0 aliphatic carbocycles. The van der Waals surface area contributed by atoms with Crippen molar-refractivity contribution >= 4 is 43.6 Å². The summed E-state index contributed by atoms with van der Waals surface area (Å²) < 4.78 is 6.64. The first-order valence-electron chi connectivity index (χ1n) is 17.0. The third-order valence-corrected chi connectivity index (χ3v) is 9.53. The number of rotatable bonds is 5. The number of fused-ring (bicyclic) bond motifs is 6. The molecule has 0 atom stereocenters. The molecule has 0 amide bonds. The molecule has 10 rings (SSSR count). The van der Waals surface area contributed by atoms with Gasteiger partial charge in [0.05, 0.1) is 16.6 Å². The van der Waals surface area contributed by atoms with Crippen LogP contribution in [0.1, 0.15) is 0 Å². The smallest absolute Gasteiger partial charge is 0.164 e. The Kier molecular flexibility index (Phi) is 6.74. The standard InChI is InChI=1S/C46H28N4O/c1-3-14-31(15-4-1)44-48-45(32-16-5-2-6-17-32)50-46(49-44)33-27-25-30(26-28-33)41-40-37-20-9-10-24-39(37)51-43(40)38-23-12-22-36(42(38)47-41)35-21-11-18-29-13-7-8-19-34(29)35/h1-28H. The van der Waals surface area contributed by atoms with E-state index >= 15 is 0 Å². The predicted molar refractivity (Wildman–Crippen MR) is 207 cm³/mol. The zero-order valence-corrected chi connectivity index (χ0v) is 27.4. The van der Waals surface area contributed by atoms with Crippen molar-refractivity contribution in [2.45, 2.75) is 0 Å². The van der Waals surface area contributed by atoms with Crippen molar-refractivity contribution in [2.75, 3.05) is 0 Å². The molecule has 238 valence electrons. The summed E-state index contributed by atoms with van der Waals surface area (Å²) >= 11 is 0.